The molecule has 5 nitrogen and oxygen atoms in total. The van der Waals surface area contributed by atoms with Crippen LogP contribution in [0.25, 0.3) is 0 Å². The number of nitrogens with one attached hydrogen (secondary N) is 1. The number of nitrogen functional groups attached to an aromatic ring is 1. The molecule has 0 aromatic heterocycles. The van der Waals surface area contributed by atoms with Crippen LogP contribution in [0.1, 0.15) is 12.8 Å². The molecular formula is C10H11ClN2O3. The first-order chi connectivity index (χ1) is 7.49. The van der Waals surface area contributed by atoms with E-state index in [0.717, 1.165) is 0 Å². The molecule has 0 fully saturated rings. The van der Waals surface area contributed by atoms with Crippen molar-refractivity contribution in [2.75, 3.05) is 11.1 Å². The van der Waals surface area contributed by atoms with Crippen molar-refractivity contribution in [1.29, 1.82) is 0 Å². The molecule has 0 heterocycles. The molecule has 0 radical (unpaired) electrons. The first-order valence-electron chi connectivity index (χ1n) is 4.55. The fourth-order valence-corrected chi connectivity index (χ4v) is 1.26. The van der Waals surface area contributed by atoms with E-state index in [-0.39, 0.29) is 12.8 Å². The maximum absolute atomic E-state index is 11.3. The molecule has 1 aromatic carbocycles. The lowest BCUT2D eigenvalue weighted by molar-refractivity contribution is -0.138. The van der Waals surface area contributed by atoms with Crippen LogP contribution in [0.4, 0.5) is 11.4 Å². The van der Waals surface area contributed by atoms with E-state index in [0.29, 0.717) is 16.4 Å². The number of benzene rings is 1. The van der Waals surface area contributed by atoms with Gasteiger partial charge in [0.15, 0.2) is 0 Å². The van der Waals surface area contributed by atoms with E-state index in [2.05, 4.69) is 5.32 Å². The van der Waals surface area contributed by atoms with Gasteiger partial charge in [0, 0.05) is 11.4 Å². The van der Waals surface area contributed by atoms with Gasteiger partial charge in [0.05, 0.1) is 17.8 Å². The van der Waals surface area contributed by atoms with Gasteiger partial charge in [-0.1, -0.05) is 11.6 Å². The van der Waals surface area contributed by atoms with Crippen molar-refractivity contribution < 1.29 is 14.7 Å². The van der Waals surface area contributed by atoms with Gasteiger partial charge in [-0.05, 0) is 18.2 Å². The van der Waals surface area contributed by atoms with Gasteiger partial charge in [0.25, 0.3) is 0 Å². The normalized spacial score (nSPS) is 9.81. The van der Waals surface area contributed by atoms with E-state index in [1.807, 2.05) is 0 Å². The number of rotatable bonds is 4. The van der Waals surface area contributed by atoms with Gasteiger partial charge in [0.1, 0.15) is 0 Å². The molecule has 0 saturated carbocycles. The van der Waals surface area contributed by atoms with E-state index in [1.165, 1.54) is 6.07 Å². The standard InChI is InChI=1S/C10H11ClN2O3/c11-6-1-2-8(7(12)5-6)13-9(14)3-4-10(15)16/h1-2,5H,3-4,12H2,(H,13,14)(H,15,16). The summed E-state index contributed by atoms with van der Waals surface area (Å²) in [5.41, 5.74) is 6.38. The molecule has 16 heavy (non-hydrogen) atoms. The fourth-order valence-electron chi connectivity index (χ4n) is 1.08. The number of carboxylic acid groups (broad SMARTS) is 1. The van der Waals surface area contributed by atoms with Gasteiger partial charge < -0.3 is 16.2 Å². The van der Waals surface area contributed by atoms with Crippen molar-refractivity contribution in [2.45, 2.75) is 12.8 Å². The quantitative estimate of drug-likeness (QED) is 0.701. The summed E-state index contributed by atoms with van der Waals surface area (Å²) in [6, 6.07) is 4.66. The summed E-state index contributed by atoms with van der Waals surface area (Å²) in [4.78, 5) is 21.5. The van der Waals surface area contributed by atoms with E-state index in [9.17, 15) is 9.59 Å². The lowest BCUT2D eigenvalue weighted by Gasteiger charge is -2.07. The SMILES string of the molecule is Nc1cc(Cl)ccc1NC(=O)CCC(=O)O. The molecule has 0 atom stereocenters. The number of anilines is 2. The summed E-state index contributed by atoms with van der Waals surface area (Å²) in [5.74, 6) is -1.41. The van der Waals surface area contributed by atoms with Crippen LogP contribution in [0.2, 0.25) is 5.02 Å². The third-order valence-electron chi connectivity index (χ3n) is 1.85. The minimum absolute atomic E-state index is 0.0859. The molecule has 1 amide bonds. The minimum atomic E-state index is -1.01. The van der Waals surface area contributed by atoms with Gasteiger partial charge in [-0.3, -0.25) is 9.59 Å². The Kier molecular flexibility index (Phi) is 4.13. The van der Waals surface area contributed by atoms with Crippen molar-refractivity contribution in [2.24, 2.45) is 0 Å². The summed E-state index contributed by atoms with van der Waals surface area (Å²) in [6.07, 6.45) is -0.295. The second-order valence-corrected chi connectivity index (χ2v) is 3.61. The molecule has 0 aliphatic heterocycles. The Morgan fingerprint density at radius 1 is 1.38 bits per heavy atom. The Morgan fingerprint density at radius 2 is 2.06 bits per heavy atom. The largest absolute Gasteiger partial charge is 0.481 e. The zero-order chi connectivity index (χ0) is 12.1. The van der Waals surface area contributed by atoms with Gasteiger partial charge >= 0.3 is 5.97 Å². The van der Waals surface area contributed by atoms with Crippen molar-refractivity contribution in [3.05, 3.63) is 23.2 Å². The molecule has 6 heteroatoms. The van der Waals surface area contributed by atoms with Gasteiger partial charge in [0.2, 0.25) is 5.91 Å². The minimum Gasteiger partial charge on any atom is -0.481 e. The Labute approximate surface area is 97.2 Å². The van der Waals surface area contributed by atoms with Crippen molar-refractivity contribution >= 4 is 34.9 Å². The maximum Gasteiger partial charge on any atom is 0.303 e. The first-order valence-corrected chi connectivity index (χ1v) is 4.93. The van der Waals surface area contributed by atoms with Crippen LogP contribution >= 0.6 is 11.6 Å². The van der Waals surface area contributed by atoms with Crippen LogP contribution in [0.5, 0.6) is 0 Å². The van der Waals surface area contributed by atoms with Crippen LogP contribution < -0.4 is 11.1 Å². The number of aliphatic carboxylic acids is 1. The molecule has 0 unspecified atom stereocenters. The summed E-state index contributed by atoms with van der Waals surface area (Å²) in [5, 5.41) is 11.4. The lowest BCUT2D eigenvalue weighted by atomic mass is 10.2. The number of carbonyl (C=O) groups excluding carboxylic acids is 1. The van der Waals surface area contributed by atoms with Crippen molar-refractivity contribution in [3.8, 4) is 0 Å². The van der Waals surface area contributed by atoms with Crippen molar-refractivity contribution in [3.63, 3.8) is 0 Å². The van der Waals surface area contributed by atoms with Crippen LogP contribution in [0.15, 0.2) is 18.2 Å². The number of carboxylic acids is 1. The Morgan fingerprint density at radius 3 is 2.62 bits per heavy atom. The fraction of sp³-hybridized carbons (Fsp3) is 0.200. The third-order valence-corrected chi connectivity index (χ3v) is 2.09. The molecule has 0 aliphatic rings. The molecule has 1 aromatic rings. The summed E-state index contributed by atoms with van der Waals surface area (Å²) < 4.78 is 0. The Balaban J connectivity index is 2.59. The number of amides is 1. The van der Waals surface area contributed by atoms with Crippen LogP contribution in [0, 0.1) is 0 Å². The summed E-state index contributed by atoms with van der Waals surface area (Å²) in [7, 11) is 0. The monoisotopic (exact) mass is 242 g/mol. The van der Waals surface area contributed by atoms with E-state index < -0.39 is 11.9 Å². The summed E-state index contributed by atoms with van der Waals surface area (Å²) >= 11 is 5.69. The molecular weight excluding hydrogens is 232 g/mol. The van der Waals surface area contributed by atoms with E-state index in [1.54, 1.807) is 12.1 Å². The number of halogens is 1. The zero-order valence-electron chi connectivity index (χ0n) is 8.37. The zero-order valence-corrected chi connectivity index (χ0v) is 9.12. The molecule has 0 spiro atoms. The maximum atomic E-state index is 11.3. The van der Waals surface area contributed by atoms with Crippen LogP contribution in [-0.2, 0) is 9.59 Å². The van der Waals surface area contributed by atoms with Crippen LogP contribution in [-0.4, -0.2) is 17.0 Å². The Hall–Kier alpha value is -1.75. The summed E-state index contributed by atoms with van der Waals surface area (Å²) in [6.45, 7) is 0. The van der Waals surface area contributed by atoms with Gasteiger partial charge in [-0.25, -0.2) is 0 Å². The topological polar surface area (TPSA) is 92.4 Å². The highest BCUT2D eigenvalue weighted by Crippen LogP contribution is 2.22. The highest BCUT2D eigenvalue weighted by Gasteiger charge is 2.07. The predicted octanol–water partition coefficient (Wildman–Crippen LogP) is 1.73. The average Bonchev–Trinajstić information content (AvgIpc) is 2.19. The van der Waals surface area contributed by atoms with Crippen molar-refractivity contribution in [1.82, 2.24) is 0 Å². The third kappa shape index (κ3) is 3.78. The molecule has 0 bridgehead atoms. The number of carbonyl (C=O) groups is 2. The van der Waals surface area contributed by atoms with E-state index >= 15 is 0 Å². The number of nitrogens with two attached hydrogens (primary N) is 1. The molecule has 4 N–H and O–H groups in total. The first kappa shape index (κ1) is 12.3. The molecule has 0 aliphatic carbocycles. The predicted molar refractivity (Wildman–Crippen MR) is 61.4 cm³/mol. The van der Waals surface area contributed by atoms with Crippen LogP contribution in [0.3, 0.4) is 0 Å². The molecule has 1 rings (SSSR count). The number of hydrogen-bond donors (Lipinski definition) is 3. The molecule has 86 valence electrons. The van der Waals surface area contributed by atoms with Gasteiger partial charge in [-0.15, -0.1) is 0 Å². The molecule has 0 saturated heterocycles. The van der Waals surface area contributed by atoms with Gasteiger partial charge in [-0.2, -0.15) is 0 Å². The lowest BCUT2D eigenvalue weighted by Crippen LogP contribution is -2.14. The Bertz CT molecular complexity index is 421. The second-order valence-electron chi connectivity index (χ2n) is 3.17. The van der Waals surface area contributed by atoms with E-state index in [4.69, 9.17) is 22.4 Å². The smallest absolute Gasteiger partial charge is 0.303 e. The number of hydrogen-bond acceptors (Lipinski definition) is 3. The second kappa shape index (κ2) is 5.37. The highest BCUT2D eigenvalue weighted by molar-refractivity contribution is 6.31. The average molecular weight is 243 g/mol. The highest BCUT2D eigenvalue weighted by atomic mass is 35.5.